The van der Waals surface area contributed by atoms with Crippen molar-refractivity contribution in [3.8, 4) is 0 Å². The van der Waals surface area contributed by atoms with E-state index in [1.165, 1.54) is 19.3 Å². The summed E-state index contributed by atoms with van der Waals surface area (Å²) in [5.41, 5.74) is 1.12. The van der Waals surface area contributed by atoms with E-state index in [9.17, 15) is 0 Å². The molecule has 1 aromatic carbocycles. The maximum absolute atomic E-state index is 6.20. The monoisotopic (exact) mass is 271 g/mol. The van der Waals surface area contributed by atoms with Crippen molar-refractivity contribution in [3.63, 3.8) is 0 Å². The number of hydrogen-bond acceptors (Lipinski definition) is 1. The quantitative estimate of drug-likeness (QED) is 0.809. The summed E-state index contributed by atoms with van der Waals surface area (Å²) in [5, 5.41) is 5.04. The van der Waals surface area contributed by atoms with E-state index in [2.05, 4.69) is 19.2 Å². The average Bonchev–Trinajstić information content (AvgIpc) is 3.00. The zero-order valence-electron chi connectivity index (χ0n) is 10.3. The van der Waals surface area contributed by atoms with Gasteiger partial charge in [0.25, 0.3) is 0 Å². The predicted octanol–water partition coefficient (Wildman–Crippen LogP) is 4.83. The zero-order chi connectivity index (χ0) is 12.4. The number of benzene rings is 1. The minimum Gasteiger partial charge on any atom is -0.308 e. The largest absolute Gasteiger partial charge is 0.308 e. The maximum atomic E-state index is 6.20. The van der Waals surface area contributed by atoms with Crippen LogP contribution in [0.1, 0.15) is 44.7 Å². The van der Waals surface area contributed by atoms with Gasteiger partial charge < -0.3 is 5.32 Å². The topological polar surface area (TPSA) is 12.0 Å². The lowest BCUT2D eigenvalue weighted by Crippen LogP contribution is -2.29. The maximum Gasteiger partial charge on any atom is 0.0468 e. The van der Waals surface area contributed by atoms with Gasteiger partial charge in [0.2, 0.25) is 0 Å². The van der Waals surface area contributed by atoms with Gasteiger partial charge in [-0.25, -0.2) is 0 Å². The van der Waals surface area contributed by atoms with Crippen LogP contribution in [0.25, 0.3) is 0 Å². The summed E-state index contributed by atoms with van der Waals surface area (Å²) in [6.07, 6.45) is 4.08. The molecule has 2 unspecified atom stereocenters. The van der Waals surface area contributed by atoms with Crippen LogP contribution in [0.15, 0.2) is 18.2 Å². The lowest BCUT2D eigenvalue weighted by Gasteiger charge is -2.21. The Labute approximate surface area is 114 Å². The highest BCUT2D eigenvalue weighted by molar-refractivity contribution is 6.35. The molecule has 94 valence electrons. The molecule has 17 heavy (non-hydrogen) atoms. The second kappa shape index (κ2) is 5.60. The van der Waals surface area contributed by atoms with Crippen molar-refractivity contribution >= 4 is 23.2 Å². The Hall–Kier alpha value is -0.240. The number of rotatable bonds is 5. The first kappa shape index (κ1) is 13.2. The normalized spacial score (nSPS) is 19.1. The Kier molecular flexibility index (Phi) is 4.35. The summed E-state index contributed by atoms with van der Waals surface area (Å²) in [7, 11) is 0. The fourth-order valence-corrected chi connectivity index (χ4v) is 2.86. The Balaban J connectivity index is 1.95. The fraction of sp³-hybridized carbons (Fsp3) is 0.571. The SMILES string of the molecule is CC(CC1CC1)NC(C)c1ccc(Cl)cc1Cl. The fourth-order valence-electron chi connectivity index (χ4n) is 2.29. The van der Waals surface area contributed by atoms with E-state index in [1.807, 2.05) is 18.2 Å². The predicted molar refractivity (Wildman–Crippen MR) is 74.8 cm³/mol. The highest BCUT2D eigenvalue weighted by atomic mass is 35.5. The molecule has 0 saturated heterocycles. The molecular formula is C14H19Cl2N. The lowest BCUT2D eigenvalue weighted by atomic mass is 10.1. The van der Waals surface area contributed by atoms with Crippen LogP contribution in [0.5, 0.6) is 0 Å². The Bertz CT molecular complexity index is 388. The van der Waals surface area contributed by atoms with Crippen LogP contribution in [-0.4, -0.2) is 6.04 Å². The van der Waals surface area contributed by atoms with Gasteiger partial charge in [-0.1, -0.05) is 42.1 Å². The molecule has 1 aliphatic rings. The van der Waals surface area contributed by atoms with Crippen molar-refractivity contribution in [2.24, 2.45) is 5.92 Å². The van der Waals surface area contributed by atoms with Crippen molar-refractivity contribution in [1.82, 2.24) is 5.32 Å². The standard InChI is InChI=1S/C14H19Cl2N/c1-9(7-11-3-4-11)17-10(2)13-6-5-12(15)8-14(13)16/h5-6,8-11,17H,3-4,7H2,1-2H3. The third-order valence-corrected chi connectivity index (χ3v) is 3.91. The molecule has 1 aliphatic carbocycles. The molecule has 0 aromatic heterocycles. The van der Waals surface area contributed by atoms with Gasteiger partial charge in [0.05, 0.1) is 0 Å². The molecule has 1 N–H and O–H groups in total. The van der Waals surface area contributed by atoms with Gasteiger partial charge in [-0.15, -0.1) is 0 Å². The second-order valence-corrected chi connectivity index (χ2v) is 5.98. The van der Waals surface area contributed by atoms with E-state index < -0.39 is 0 Å². The molecule has 0 spiro atoms. The summed E-state index contributed by atoms with van der Waals surface area (Å²) in [6.45, 7) is 4.40. The van der Waals surface area contributed by atoms with Gasteiger partial charge in [0.1, 0.15) is 0 Å². The summed E-state index contributed by atoms with van der Waals surface area (Å²) in [6, 6.07) is 6.53. The summed E-state index contributed by atoms with van der Waals surface area (Å²) in [4.78, 5) is 0. The van der Waals surface area contributed by atoms with Gasteiger partial charge in [0, 0.05) is 22.1 Å². The highest BCUT2D eigenvalue weighted by Crippen LogP contribution is 2.34. The molecule has 2 rings (SSSR count). The Morgan fingerprint density at radius 1 is 1.29 bits per heavy atom. The average molecular weight is 272 g/mol. The van der Waals surface area contributed by atoms with Gasteiger partial charge in [-0.3, -0.25) is 0 Å². The van der Waals surface area contributed by atoms with Crippen LogP contribution in [0.2, 0.25) is 10.0 Å². The Morgan fingerprint density at radius 2 is 2.00 bits per heavy atom. The van der Waals surface area contributed by atoms with Crippen LogP contribution in [0.3, 0.4) is 0 Å². The first-order chi connectivity index (χ1) is 8.06. The van der Waals surface area contributed by atoms with Gasteiger partial charge in [-0.05, 0) is 43.9 Å². The van der Waals surface area contributed by atoms with Crippen LogP contribution >= 0.6 is 23.2 Å². The van der Waals surface area contributed by atoms with E-state index >= 15 is 0 Å². The molecule has 0 radical (unpaired) electrons. The van der Waals surface area contributed by atoms with Gasteiger partial charge in [-0.2, -0.15) is 0 Å². The minimum absolute atomic E-state index is 0.272. The summed E-state index contributed by atoms with van der Waals surface area (Å²) >= 11 is 12.1. The van der Waals surface area contributed by atoms with E-state index in [0.717, 1.165) is 16.5 Å². The molecule has 3 heteroatoms. The number of nitrogens with one attached hydrogen (secondary N) is 1. The van der Waals surface area contributed by atoms with E-state index in [1.54, 1.807) is 0 Å². The third-order valence-electron chi connectivity index (χ3n) is 3.35. The number of halogens is 2. The van der Waals surface area contributed by atoms with Crippen LogP contribution in [-0.2, 0) is 0 Å². The molecule has 0 heterocycles. The summed E-state index contributed by atoms with van der Waals surface area (Å²) in [5.74, 6) is 0.949. The van der Waals surface area contributed by atoms with Crippen molar-refractivity contribution in [1.29, 1.82) is 0 Å². The van der Waals surface area contributed by atoms with Crippen LogP contribution in [0.4, 0.5) is 0 Å². The molecule has 0 aliphatic heterocycles. The first-order valence-corrected chi connectivity index (χ1v) is 7.03. The van der Waals surface area contributed by atoms with Crippen molar-refractivity contribution in [3.05, 3.63) is 33.8 Å². The van der Waals surface area contributed by atoms with E-state index in [-0.39, 0.29) is 6.04 Å². The minimum atomic E-state index is 0.272. The summed E-state index contributed by atoms with van der Waals surface area (Å²) < 4.78 is 0. The molecule has 0 amide bonds. The zero-order valence-corrected chi connectivity index (χ0v) is 11.9. The molecule has 0 bridgehead atoms. The van der Waals surface area contributed by atoms with Crippen LogP contribution < -0.4 is 5.32 Å². The molecule has 1 nitrogen and oxygen atoms in total. The van der Waals surface area contributed by atoms with Crippen LogP contribution in [0, 0.1) is 5.92 Å². The second-order valence-electron chi connectivity index (χ2n) is 5.13. The van der Waals surface area contributed by atoms with E-state index in [4.69, 9.17) is 23.2 Å². The Morgan fingerprint density at radius 3 is 2.59 bits per heavy atom. The van der Waals surface area contributed by atoms with Crippen molar-refractivity contribution < 1.29 is 0 Å². The highest BCUT2D eigenvalue weighted by Gasteiger charge is 2.24. The molecular weight excluding hydrogens is 253 g/mol. The van der Waals surface area contributed by atoms with E-state index in [0.29, 0.717) is 11.1 Å². The van der Waals surface area contributed by atoms with Crippen molar-refractivity contribution in [2.45, 2.75) is 45.2 Å². The molecule has 1 saturated carbocycles. The lowest BCUT2D eigenvalue weighted by molar-refractivity contribution is 0.438. The number of hydrogen-bond donors (Lipinski definition) is 1. The molecule has 2 atom stereocenters. The molecule has 1 fully saturated rings. The van der Waals surface area contributed by atoms with Crippen molar-refractivity contribution in [2.75, 3.05) is 0 Å². The smallest absolute Gasteiger partial charge is 0.0468 e. The third kappa shape index (κ3) is 3.87. The van der Waals surface area contributed by atoms with Gasteiger partial charge in [0.15, 0.2) is 0 Å². The first-order valence-electron chi connectivity index (χ1n) is 6.27. The molecule has 1 aromatic rings. The van der Waals surface area contributed by atoms with Gasteiger partial charge >= 0.3 is 0 Å².